The molecule has 1 heterocycles. The van der Waals surface area contributed by atoms with E-state index in [-0.39, 0.29) is 5.91 Å². The summed E-state index contributed by atoms with van der Waals surface area (Å²) >= 11 is 7.08. The average Bonchev–Trinajstić information content (AvgIpc) is 2.84. The summed E-state index contributed by atoms with van der Waals surface area (Å²) in [6.45, 7) is 7.35. The van der Waals surface area contributed by atoms with Crippen LogP contribution in [0.2, 0.25) is 0 Å². The number of carbonyl (C=O) groups excluding carboxylic acids is 1. The summed E-state index contributed by atoms with van der Waals surface area (Å²) in [6.07, 6.45) is 1.08. The molecule has 0 aromatic heterocycles. The summed E-state index contributed by atoms with van der Waals surface area (Å²) < 4.78 is 1.79. The minimum Gasteiger partial charge on any atom is -0.323 e. The third kappa shape index (κ3) is 6.14. The summed E-state index contributed by atoms with van der Waals surface area (Å²) in [5.74, 6) is 0.0248. The smallest absolute Gasteiger partial charge is 0.238 e. The Labute approximate surface area is 178 Å². The van der Waals surface area contributed by atoms with Crippen LogP contribution in [0, 0.1) is 6.92 Å². The normalized spacial score (nSPS) is 16.1. The number of hydrogen-bond donors (Lipinski definition) is 1. The molecule has 0 radical (unpaired) electrons. The second kappa shape index (κ2) is 9.82. The molecule has 1 amide bonds. The number of nitrogens with zero attached hydrogens (tertiary/aromatic N) is 2. The monoisotopic (exact) mass is 493 g/mol. The van der Waals surface area contributed by atoms with Gasteiger partial charge >= 0.3 is 0 Å². The molecule has 0 saturated carbocycles. The Balaban J connectivity index is 1.52. The van der Waals surface area contributed by atoms with E-state index in [2.05, 4.69) is 77.3 Å². The Hall–Kier alpha value is -1.21. The second-order valence-electron chi connectivity index (χ2n) is 7.04. The van der Waals surface area contributed by atoms with Gasteiger partial charge < -0.3 is 5.32 Å². The molecular weight excluding hydrogens is 470 g/mol. The number of benzene rings is 2. The van der Waals surface area contributed by atoms with Gasteiger partial charge in [-0.25, -0.2) is 0 Å². The van der Waals surface area contributed by atoms with Crippen LogP contribution in [0.5, 0.6) is 0 Å². The predicted molar refractivity (Wildman–Crippen MR) is 118 cm³/mol. The zero-order valence-corrected chi connectivity index (χ0v) is 18.7. The van der Waals surface area contributed by atoms with Crippen molar-refractivity contribution in [2.45, 2.75) is 19.9 Å². The molecule has 0 bridgehead atoms. The van der Waals surface area contributed by atoms with Crippen molar-refractivity contribution in [1.82, 2.24) is 9.80 Å². The molecule has 1 aliphatic heterocycles. The molecule has 0 aliphatic carbocycles. The van der Waals surface area contributed by atoms with E-state index in [0.29, 0.717) is 6.54 Å². The maximum absolute atomic E-state index is 12.5. The molecule has 0 spiro atoms. The summed E-state index contributed by atoms with van der Waals surface area (Å²) in [4.78, 5) is 17.3. The van der Waals surface area contributed by atoms with Gasteiger partial charge in [-0.1, -0.05) is 30.3 Å². The van der Waals surface area contributed by atoms with Crippen LogP contribution in [-0.4, -0.2) is 48.4 Å². The van der Waals surface area contributed by atoms with Crippen LogP contribution in [-0.2, 0) is 11.3 Å². The van der Waals surface area contributed by atoms with E-state index in [0.717, 1.165) is 59.3 Å². The molecule has 0 unspecified atom stereocenters. The highest BCUT2D eigenvalue weighted by atomic mass is 79.9. The number of aryl methyl sites for hydroxylation is 1. The Morgan fingerprint density at radius 1 is 1.00 bits per heavy atom. The minimum absolute atomic E-state index is 0.0248. The topological polar surface area (TPSA) is 35.6 Å². The van der Waals surface area contributed by atoms with E-state index < -0.39 is 0 Å². The van der Waals surface area contributed by atoms with E-state index in [1.54, 1.807) is 0 Å². The molecule has 1 N–H and O–H groups in total. The molecule has 4 nitrogen and oxygen atoms in total. The lowest BCUT2D eigenvalue weighted by molar-refractivity contribution is -0.117. The van der Waals surface area contributed by atoms with E-state index in [4.69, 9.17) is 0 Å². The fraction of sp³-hybridized carbons (Fsp3) is 0.381. The van der Waals surface area contributed by atoms with Crippen LogP contribution in [0.15, 0.2) is 51.4 Å². The molecule has 27 heavy (non-hydrogen) atoms. The molecule has 144 valence electrons. The van der Waals surface area contributed by atoms with E-state index in [9.17, 15) is 4.79 Å². The first-order valence-electron chi connectivity index (χ1n) is 9.25. The van der Waals surface area contributed by atoms with Gasteiger partial charge in [-0.15, -0.1) is 0 Å². The molecule has 6 heteroatoms. The largest absolute Gasteiger partial charge is 0.323 e. The third-order valence-electron chi connectivity index (χ3n) is 4.75. The lowest BCUT2D eigenvalue weighted by Gasteiger charge is -2.22. The molecule has 1 saturated heterocycles. The number of anilines is 1. The van der Waals surface area contributed by atoms with Crippen molar-refractivity contribution >= 4 is 43.5 Å². The van der Waals surface area contributed by atoms with Gasteiger partial charge in [0, 0.05) is 28.6 Å². The number of carbonyl (C=O) groups is 1. The quantitative estimate of drug-likeness (QED) is 0.656. The lowest BCUT2D eigenvalue weighted by Crippen LogP contribution is -2.36. The average molecular weight is 495 g/mol. The van der Waals surface area contributed by atoms with Crippen molar-refractivity contribution in [3.63, 3.8) is 0 Å². The molecule has 3 rings (SSSR count). The van der Waals surface area contributed by atoms with Gasteiger partial charge in [0.1, 0.15) is 0 Å². The van der Waals surface area contributed by atoms with Gasteiger partial charge in [0.25, 0.3) is 0 Å². The van der Waals surface area contributed by atoms with Crippen molar-refractivity contribution in [3.8, 4) is 0 Å². The van der Waals surface area contributed by atoms with Crippen LogP contribution in [0.4, 0.5) is 5.69 Å². The molecule has 2 aromatic rings. The number of nitrogens with one attached hydrogen (secondary N) is 1. The first-order chi connectivity index (χ1) is 13.0. The van der Waals surface area contributed by atoms with Crippen molar-refractivity contribution in [1.29, 1.82) is 0 Å². The van der Waals surface area contributed by atoms with Gasteiger partial charge in [0.15, 0.2) is 0 Å². The predicted octanol–water partition coefficient (Wildman–Crippen LogP) is 4.67. The van der Waals surface area contributed by atoms with Gasteiger partial charge in [-0.3, -0.25) is 14.6 Å². The fourth-order valence-electron chi connectivity index (χ4n) is 3.38. The maximum atomic E-state index is 12.5. The van der Waals surface area contributed by atoms with E-state index in [1.807, 2.05) is 19.1 Å². The third-order valence-corrected chi connectivity index (χ3v) is 6.00. The Morgan fingerprint density at radius 2 is 1.63 bits per heavy atom. The number of hydrogen-bond acceptors (Lipinski definition) is 3. The molecule has 0 atom stereocenters. The molecule has 1 fully saturated rings. The number of rotatable bonds is 5. The summed E-state index contributed by atoms with van der Waals surface area (Å²) in [5, 5.41) is 3.04. The molecule has 2 aromatic carbocycles. The zero-order valence-electron chi connectivity index (χ0n) is 15.5. The first kappa shape index (κ1) is 20.5. The summed E-state index contributed by atoms with van der Waals surface area (Å²) in [7, 11) is 0. The lowest BCUT2D eigenvalue weighted by atomic mass is 10.2. The maximum Gasteiger partial charge on any atom is 0.238 e. The highest BCUT2D eigenvalue weighted by Gasteiger charge is 2.18. The minimum atomic E-state index is 0.0248. The summed E-state index contributed by atoms with van der Waals surface area (Å²) in [5.41, 5.74) is 3.28. The highest BCUT2D eigenvalue weighted by Crippen LogP contribution is 2.32. The summed E-state index contributed by atoms with van der Waals surface area (Å²) in [6, 6.07) is 14.6. The van der Waals surface area contributed by atoms with Crippen LogP contribution < -0.4 is 5.32 Å². The van der Waals surface area contributed by atoms with E-state index >= 15 is 0 Å². The van der Waals surface area contributed by atoms with Gasteiger partial charge in [0.2, 0.25) is 5.91 Å². The van der Waals surface area contributed by atoms with Crippen molar-refractivity contribution in [2.24, 2.45) is 0 Å². The Morgan fingerprint density at radius 3 is 2.33 bits per heavy atom. The van der Waals surface area contributed by atoms with Crippen molar-refractivity contribution in [2.75, 3.05) is 38.0 Å². The van der Waals surface area contributed by atoms with Crippen LogP contribution in [0.25, 0.3) is 0 Å². The molecule has 1 aliphatic rings. The number of amides is 1. The Bertz CT molecular complexity index is 759. The van der Waals surface area contributed by atoms with Gasteiger partial charge in [-0.2, -0.15) is 0 Å². The zero-order chi connectivity index (χ0) is 19.2. The SMILES string of the molecule is Cc1cc(Br)c(NC(=O)CN2CCCN(Cc3ccccc3)CC2)c(Br)c1. The Kier molecular flexibility index (Phi) is 7.47. The van der Waals surface area contributed by atoms with Crippen LogP contribution in [0.1, 0.15) is 17.5 Å². The van der Waals surface area contributed by atoms with Gasteiger partial charge in [-0.05, 0) is 81.6 Å². The second-order valence-corrected chi connectivity index (χ2v) is 8.75. The first-order valence-corrected chi connectivity index (χ1v) is 10.8. The van der Waals surface area contributed by atoms with Crippen molar-refractivity contribution in [3.05, 3.63) is 62.5 Å². The van der Waals surface area contributed by atoms with E-state index in [1.165, 1.54) is 5.56 Å². The molecular formula is C21H25Br2N3O. The number of halogens is 2. The highest BCUT2D eigenvalue weighted by molar-refractivity contribution is 9.11. The van der Waals surface area contributed by atoms with Crippen LogP contribution >= 0.6 is 31.9 Å². The standard InChI is InChI=1S/C21H25Br2N3O/c1-16-12-18(22)21(19(23)13-16)24-20(27)15-26-9-5-8-25(10-11-26)14-17-6-3-2-4-7-17/h2-4,6-7,12-13H,5,8-11,14-15H2,1H3,(H,24,27). The van der Waals surface area contributed by atoms with Gasteiger partial charge in [0.05, 0.1) is 12.2 Å². The van der Waals surface area contributed by atoms with Crippen molar-refractivity contribution < 1.29 is 4.79 Å². The van der Waals surface area contributed by atoms with Crippen LogP contribution in [0.3, 0.4) is 0 Å². The fourth-order valence-corrected chi connectivity index (χ4v) is 5.00.